The molecule has 1 rings (SSSR count). The van der Waals surface area contributed by atoms with Crippen LogP contribution < -0.4 is 0 Å². The van der Waals surface area contributed by atoms with Gasteiger partial charge in [-0.25, -0.2) is 9.79 Å². The van der Waals surface area contributed by atoms with E-state index in [9.17, 15) is 4.79 Å². The van der Waals surface area contributed by atoms with E-state index in [1.165, 1.54) is 6.08 Å². The highest BCUT2D eigenvalue weighted by Gasteiger charge is 1.94. The fourth-order valence-electron chi connectivity index (χ4n) is 1.06. The first-order valence-corrected chi connectivity index (χ1v) is 4.02. The van der Waals surface area contributed by atoms with Crippen molar-refractivity contribution in [1.29, 1.82) is 0 Å². The average Bonchev–Trinajstić information content (AvgIpc) is 2.15. The second kappa shape index (κ2) is 4.39. The molecule has 0 N–H and O–H groups in total. The quantitative estimate of drug-likeness (QED) is 0.510. The molecular formula is C11H11NO. The number of nitrogens with zero attached hydrogens (tertiary/aromatic N) is 1. The highest BCUT2D eigenvalue weighted by Crippen LogP contribution is 2.13. The number of allylic oxidation sites excluding steroid dienone is 1. The molecule has 0 aliphatic carbocycles. The van der Waals surface area contributed by atoms with E-state index in [4.69, 9.17) is 0 Å². The highest BCUT2D eigenvalue weighted by molar-refractivity contribution is 5.61. The molecular weight excluding hydrogens is 162 g/mol. The van der Waals surface area contributed by atoms with E-state index in [0.717, 1.165) is 16.7 Å². The smallest absolute Gasteiger partial charge is 0.211 e. The molecule has 1 aromatic carbocycles. The number of hydrogen-bond donors (Lipinski definition) is 0. The first-order valence-electron chi connectivity index (χ1n) is 4.02. The summed E-state index contributed by atoms with van der Waals surface area (Å²) < 4.78 is 0. The minimum atomic E-state index is 0.393. The Labute approximate surface area is 77.6 Å². The van der Waals surface area contributed by atoms with Crippen LogP contribution in [-0.2, 0) is 11.3 Å². The Morgan fingerprint density at radius 1 is 1.62 bits per heavy atom. The molecule has 2 heteroatoms. The van der Waals surface area contributed by atoms with E-state index in [0.29, 0.717) is 6.54 Å². The number of carbonyl (C=O) groups excluding carboxylic acids is 1. The zero-order valence-corrected chi connectivity index (χ0v) is 7.58. The largest absolute Gasteiger partial charge is 0.235 e. The summed E-state index contributed by atoms with van der Waals surface area (Å²) in [5.74, 6) is 0. The molecule has 2 nitrogen and oxygen atoms in total. The lowest BCUT2D eigenvalue weighted by molar-refractivity contribution is 0.563. The van der Waals surface area contributed by atoms with Gasteiger partial charge in [0.2, 0.25) is 6.08 Å². The van der Waals surface area contributed by atoms with Crippen molar-refractivity contribution < 1.29 is 4.79 Å². The second-order valence-electron chi connectivity index (χ2n) is 2.89. The van der Waals surface area contributed by atoms with Crippen LogP contribution in [0.25, 0.3) is 5.57 Å². The fourth-order valence-corrected chi connectivity index (χ4v) is 1.06. The van der Waals surface area contributed by atoms with Crippen molar-refractivity contribution in [2.24, 2.45) is 4.99 Å². The molecule has 0 bridgehead atoms. The molecule has 0 aliphatic heterocycles. The maximum absolute atomic E-state index is 9.89. The molecule has 0 saturated carbocycles. The summed E-state index contributed by atoms with van der Waals surface area (Å²) in [7, 11) is 0. The van der Waals surface area contributed by atoms with Gasteiger partial charge in [0, 0.05) is 0 Å². The van der Waals surface area contributed by atoms with Gasteiger partial charge in [-0.15, -0.1) is 0 Å². The zero-order chi connectivity index (χ0) is 9.68. The molecule has 0 atom stereocenters. The van der Waals surface area contributed by atoms with Gasteiger partial charge in [0.1, 0.15) is 0 Å². The van der Waals surface area contributed by atoms with Crippen molar-refractivity contribution in [1.82, 2.24) is 0 Å². The van der Waals surface area contributed by atoms with E-state index < -0.39 is 0 Å². The van der Waals surface area contributed by atoms with Crippen molar-refractivity contribution in [3.63, 3.8) is 0 Å². The normalized spacial score (nSPS) is 9.00. The Balaban J connectivity index is 2.91. The van der Waals surface area contributed by atoms with Crippen molar-refractivity contribution >= 4 is 11.7 Å². The number of aliphatic imine (C=N–C) groups is 1. The Hall–Kier alpha value is -1.66. The van der Waals surface area contributed by atoms with Gasteiger partial charge in [0.05, 0.1) is 6.54 Å². The van der Waals surface area contributed by atoms with Crippen LogP contribution in [0.3, 0.4) is 0 Å². The van der Waals surface area contributed by atoms with Crippen LogP contribution in [0.4, 0.5) is 0 Å². The van der Waals surface area contributed by atoms with Crippen molar-refractivity contribution in [3.05, 3.63) is 42.0 Å². The third kappa shape index (κ3) is 2.69. The van der Waals surface area contributed by atoms with Gasteiger partial charge in [-0.3, -0.25) is 0 Å². The van der Waals surface area contributed by atoms with Gasteiger partial charge in [-0.05, 0) is 24.1 Å². The fraction of sp³-hybridized carbons (Fsp3) is 0.182. The molecule has 1 aromatic rings. The summed E-state index contributed by atoms with van der Waals surface area (Å²) in [5.41, 5.74) is 3.10. The van der Waals surface area contributed by atoms with E-state index in [1.54, 1.807) is 0 Å². The average molecular weight is 173 g/mol. The molecule has 0 spiro atoms. The van der Waals surface area contributed by atoms with Crippen LogP contribution >= 0.6 is 0 Å². The summed E-state index contributed by atoms with van der Waals surface area (Å²) >= 11 is 0. The summed E-state index contributed by atoms with van der Waals surface area (Å²) in [6.45, 7) is 6.18. The Bertz CT molecular complexity index is 362. The zero-order valence-electron chi connectivity index (χ0n) is 7.58. The highest BCUT2D eigenvalue weighted by atomic mass is 16.1. The lowest BCUT2D eigenvalue weighted by Gasteiger charge is -2.01. The lowest BCUT2D eigenvalue weighted by Crippen LogP contribution is -1.84. The number of rotatable bonds is 3. The van der Waals surface area contributed by atoms with Gasteiger partial charge in [-0.1, -0.05) is 30.4 Å². The lowest BCUT2D eigenvalue weighted by atomic mass is 10.1. The van der Waals surface area contributed by atoms with Crippen LogP contribution in [0.1, 0.15) is 18.1 Å². The minimum Gasteiger partial charge on any atom is -0.211 e. The van der Waals surface area contributed by atoms with Crippen molar-refractivity contribution in [3.8, 4) is 0 Å². The van der Waals surface area contributed by atoms with Gasteiger partial charge in [-0.2, -0.15) is 0 Å². The van der Waals surface area contributed by atoms with Crippen LogP contribution in [0, 0.1) is 0 Å². The van der Waals surface area contributed by atoms with Gasteiger partial charge < -0.3 is 0 Å². The van der Waals surface area contributed by atoms with Crippen molar-refractivity contribution in [2.75, 3.05) is 0 Å². The topological polar surface area (TPSA) is 29.4 Å². The van der Waals surface area contributed by atoms with Crippen LogP contribution in [-0.4, -0.2) is 6.08 Å². The summed E-state index contributed by atoms with van der Waals surface area (Å²) in [6, 6.07) is 7.81. The van der Waals surface area contributed by atoms with E-state index in [2.05, 4.69) is 11.6 Å². The van der Waals surface area contributed by atoms with Crippen LogP contribution in [0.2, 0.25) is 0 Å². The molecule has 0 saturated heterocycles. The van der Waals surface area contributed by atoms with E-state index in [-0.39, 0.29) is 0 Å². The molecule has 0 unspecified atom stereocenters. The summed E-state index contributed by atoms with van der Waals surface area (Å²) in [4.78, 5) is 13.4. The first kappa shape index (κ1) is 9.43. The summed E-state index contributed by atoms with van der Waals surface area (Å²) in [6.07, 6.45) is 1.52. The predicted octanol–water partition coefficient (Wildman–Crippen LogP) is 2.56. The van der Waals surface area contributed by atoms with E-state index in [1.807, 2.05) is 31.2 Å². The van der Waals surface area contributed by atoms with E-state index >= 15 is 0 Å². The molecule has 0 heterocycles. The Morgan fingerprint density at radius 2 is 2.38 bits per heavy atom. The van der Waals surface area contributed by atoms with Crippen molar-refractivity contribution in [2.45, 2.75) is 13.5 Å². The molecule has 66 valence electrons. The standard InChI is InChI=1S/C11H11NO/c1-9(2)11-5-3-4-10(6-11)7-12-8-13/h3-6H,1,7H2,2H3. The molecule has 13 heavy (non-hydrogen) atoms. The first-order chi connectivity index (χ1) is 6.24. The van der Waals surface area contributed by atoms with Crippen LogP contribution in [0.15, 0.2) is 35.8 Å². The third-order valence-corrected chi connectivity index (χ3v) is 1.75. The predicted molar refractivity (Wildman–Crippen MR) is 53.0 cm³/mol. The van der Waals surface area contributed by atoms with Gasteiger partial charge in [0.15, 0.2) is 0 Å². The third-order valence-electron chi connectivity index (χ3n) is 1.75. The monoisotopic (exact) mass is 173 g/mol. The summed E-state index contributed by atoms with van der Waals surface area (Å²) in [5, 5.41) is 0. The maximum atomic E-state index is 9.89. The number of isocyanates is 1. The number of hydrogen-bond acceptors (Lipinski definition) is 2. The SMILES string of the molecule is C=C(C)c1cccc(CN=C=O)c1. The van der Waals surface area contributed by atoms with Crippen LogP contribution in [0.5, 0.6) is 0 Å². The molecule has 0 fully saturated rings. The minimum absolute atomic E-state index is 0.393. The molecule has 0 radical (unpaired) electrons. The number of benzene rings is 1. The second-order valence-corrected chi connectivity index (χ2v) is 2.89. The molecule has 0 aliphatic rings. The Morgan fingerprint density at radius 3 is 3.00 bits per heavy atom. The molecule has 0 aromatic heterocycles. The maximum Gasteiger partial charge on any atom is 0.235 e. The Kier molecular flexibility index (Phi) is 3.18. The molecule has 0 amide bonds. The van der Waals surface area contributed by atoms with Gasteiger partial charge >= 0.3 is 0 Å². The van der Waals surface area contributed by atoms with Gasteiger partial charge in [0.25, 0.3) is 0 Å².